The maximum atomic E-state index is 9.34. The molecule has 0 spiro atoms. The number of rotatable bonds is 4. The summed E-state index contributed by atoms with van der Waals surface area (Å²) in [4.78, 5) is 2.13. The summed E-state index contributed by atoms with van der Waals surface area (Å²) in [5.74, 6) is -0.104. The summed E-state index contributed by atoms with van der Waals surface area (Å²) in [6.07, 6.45) is 0. The summed E-state index contributed by atoms with van der Waals surface area (Å²) >= 11 is 0. The molecule has 0 radical (unpaired) electrons. The van der Waals surface area contributed by atoms with Gasteiger partial charge < -0.3 is 4.90 Å². The lowest BCUT2D eigenvalue weighted by Crippen LogP contribution is -2.23. The quantitative estimate of drug-likeness (QED) is 0.826. The smallest absolute Gasteiger partial charge is 0.0887 e. The van der Waals surface area contributed by atoms with Gasteiger partial charge in [-0.2, -0.15) is 5.26 Å². The van der Waals surface area contributed by atoms with Crippen molar-refractivity contribution in [2.45, 2.75) is 12.8 Å². The third kappa shape index (κ3) is 3.35. The first-order valence-corrected chi connectivity index (χ1v) is 6.43. The van der Waals surface area contributed by atoms with Crippen LogP contribution < -0.4 is 4.90 Å². The largest absolute Gasteiger partial charge is 0.373 e. The van der Waals surface area contributed by atoms with Gasteiger partial charge in [-0.05, 0) is 24.6 Å². The van der Waals surface area contributed by atoms with Crippen LogP contribution in [-0.4, -0.2) is 13.6 Å². The van der Waals surface area contributed by atoms with Crippen molar-refractivity contribution in [2.24, 2.45) is 0 Å². The molecule has 2 nitrogen and oxygen atoms in total. The van der Waals surface area contributed by atoms with Gasteiger partial charge in [0.15, 0.2) is 0 Å². The third-order valence-electron chi connectivity index (χ3n) is 3.29. The van der Waals surface area contributed by atoms with E-state index < -0.39 is 0 Å². The lowest BCUT2D eigenvalue weighted by Gasteiger charge is -2.22. The lowest BCUT2D eigenvalue weighted by atomic mass is 10.00. The van der Waals surface area contributed by atoms with Crippen molar-refractivity contribution in [1.29, 1.82) is 5.26 Å². The highest BCUT2D eigenvalue weighted by atomic mass is 15.1. The average molecular weight is 250 g/mol. The molecule has 0 fully saturated rings. The predicted octanol–water partition coefficient (Wildman–Crippen LogP) is 3.74. The minimum absolute atomic E-state index is 0.104. The summed E-state index contributed by atoms with van der Waals surface area (Å²) in [6, 6.07) is 20.7. The zero-order valence-corrected chi connectivity index (χ0v) is 11.4. The Balaban J connectivity index is 2.11. The second-order valence-corrected chi connectivity index (χ2v) is 4.81. The van der Waals surface area contributed by atoms with Gasteiger partial charge in [0, 0.05) is 19.3 Å². The molecule has 0 heterocycles. The van der Waals surface area contributed by atoms with Crippen molar-refractivity contribution in [3.05, 3.63) is 65.7 Å². The molecule has 96 valence electrons. The second kappa shape index (κ2) is 6.06. The molecule has 1 unspecified atom stereocenters. The number of hydrogen-bond donors (Lipinski definition) is 0. The van der Waals surface area contributed by atoms with Crippen molar-refractivity contribution in [3.63, 3.8) is 0 Å². The summed E-state index contributed by atoms with van der Waals surface area (Å²) in [7, 11) is 2.03. The highest BCUT2D eigenvalue weighted by molar-refractivity contribution is 5.47. The van der Waals surface area contributed by atoms with Gasteiger partial charge >= 0.3 is 0 Å². The van der Waals surface area contributed by atoms with E-state index in [1.807, 2.05) is 37.4 Å². The molecule has 0 amide bonds. The fraction of sp³-hybridized carbons (Fsp3) is 0.235. The van der Waals surface area contributed by atoms with Crippen LogP contribution in [0.3, 0.4) is 0 Å². The zero-order valence-electron chi connectivity index (χ0n) is 11.4. The number of nitriles is 1. The van der Waals surface area contributed by atoms with Gasteiger partial charge in [0.2, 0.25) is 0 Å². The molecule has 1 atom stereocenters. The molecule has 0 bridgehead atoms. The van der Waals surface area contributed by atoms with E-state index in [-0.39, 0.29) is 5.92 Å². The van der Waals surface area contributed by atoms with Crippen LogP contribution in [0, 0.1) is 18.3 Å². The van der Waals surface area contributed by atoms with Crippen molar-refractivity contribution in [3.8, 4) is 6.07 Å². The van der Waals surface area contributed by atoms with E-state index >= 15 is 0 Å². The number of nitrogens with zero attached hydrogens (tertiary/aromatic N) is 2. The number of aryl methyl sites for hydroxylation is 1. The van der Waals surface area contributed by atoms with Gasteiger partial charge in [-0.15, -0.1) is 0 Å². The molecule has 0 aromatic heterocycles. The van der Waals surface area contributed by atoms with Gasteiger partial charge in [0.25, 0.3) is 0 Å². The normalized spacial score (nSPS) is 11.6. The lowest BCUT2D eigenvalue weighted by molar-refractivity contribution is 0.803. The first kappa shape index (κ1) is 13.2. The predicted molar refractivity (Wildman–Crippen MR) is 79.2 cm³/mol. The van der Waals surface area contributed by atoms with Gasteiger partial charge in [-0.3, -0.25) is 0 Å². The summed E-state index contributed by atoms with van der Waals surface area (Å²) in [5.41, 5.74) is 3.46. The van der Waals surface area contributed by atoms with Crippen LogP contribution in [0.2, 0.25) is 0 Å². The fourth-order valence-electron chi connectivity index (χ4n) is 2.08. The van der Waals surface area contributed by atoms with Crippen molar-refractivity contribution in [1.82, 2.24) is 0 Å². The van der Waals surface area contributed by atoms with Crippen LogP contribution >= 0.6 is 0 Å². The van der Waals surface area contributed by atoms with Crippen molar-refractivity contribution < 1.29 is 0 Å². The molecule has 0 aliphatic carbocycles. The van der Waals surface area contributed by atoms with Crippen LogP contribution in [0.1, 0.15) is 17.0 Å². The Morgan fingerprint density at radius 2 is 1.68 bits per heavy atom. The van der Waals surface area contributed by atoms with Gasteiger partial charge in [-0.25, -0.2) is 0 Å². The molecule has 2 heteroatoms. The van der Waals surface area contributed by atoms with Crippen LogP contribution in [0.4, 0.5) is 5.69 Å². The Bertz CT molecular complexity index is 552. The van der Waals surface area contributed by atoms with Crippen LogP contribution in [0.5, 0.6) is 0 Å². The van der Waals surface area contributed by atoms with E-state index in [1.165, 1.54) is 5.56 Å². The van der Waals surface area contributed by atoms with Crippen molar-refractivity contribution >= 4 is 5.69 Å². The topological polar surface area (TPSA) is 27.0 Å². The molecule has 2 rings (SSSR count). The number of likely N-dealkylation sites (N-methyl/N-ethyl adjacent to an activating group) is 1. The van der Waals surface area contributed by atoms with E-state index in [0.29, 0.717) is 6.54 Å². The maximum Gasteiger partial charge on any atom is 0.0887 e. The molecule has 0 saturated heterocycles. The first-order chi connectivity index (χ1) is 9.20. The van der Waals surface area contributed by atoms with E-state index in [0.717, 1.165) is 11.3 Å². The Labute approximate surface area is 114 Å². The van der Waals surface area contributed by atoms with Crippen molar-refractivity contribution in [2.75, 3.05) is 18.5 Å². The monoisotopic (exact) mass is 250 g/mol. The Hall–Kier alpha value is -2.27. The molecule has 0 saturated carbocycles. The Kier molecular flexibility index (Phi) is 4.20. The van der Waals surface area contributed by atoms with Crippen LogP contribution in [0.25, 0.3) is 0 Å². The first-order valence-electron chi connectivity index (χ1n) is 6.43. The van der Waals surface area contributed by atoms with E-state index in [4.69, 9.17) is 0 Å². The molecule has 0 N–H and O–H groups in total. The number of benzene rings is 2. The highest BCUT2D eigenvalue weighted by Crippen LogP contribution is 2.20. The Morgan fingerprint density at radius 1 is 1.05 bits per heavy atom. The summed E-state index contributed by atoms with van der Waals surface area (Å²) in [6.45, 7) is 2.77. The molecular formula is C17H18N2. The van der Waals surface area contributed by atoms with E-state index in [9.17, 15) is 5.26 Å². The molecule has 0 aliphatic heterocycles. The molecule has 0 aliphatic rings. The third-order valence-corrected chi connectivity index (χ3v) is 3.29. The Morgan fingerprint density at radius 3 is 2.26 bits per heavy atom. The number of hydrogen-bond acceptors (Lipinski definition) is 2. The van der Waals surface area contributed by atoms with Gasteiger partial charge in [0.1, 0.15) is 0 Å². The molecule has 2 aromatic carbocycles. The maximum absolute atomic E-state index is 9.34. The van der Waals surface area contributed by atoms with E-state index in [1.54, 1.807) is 0 Å². The van der Waals surface area contributed by atoms with Gasteiger partial charge in [-0.1, -0.05) is 48.0 Å². The highest BCUT2D eigenvalue weighted by Gasteiger charge is 2.13. The summed E-state index contributed by atoms with van der Waals surface area (Å²) in [5, 5.41) is 9.34. The van der Waals surface area contributed by atoms with Crippen LogP contribution in [-0.2, 0) is 0 Å². The van der Waals surface area contributed by atoms with E-state index in [2.05, 4.69) is 42.2 Å². The summed E-state index contributed by atoms with van der Waals surface area (Å²) < 4.78 is 0. The molecule has 19 heavy (non-hydrogen) atoms. The number of anilines is 1. The fourth-order valence-corrected chi connectivity index (χ4v) is 2.08. The average Bonchev–Trinajstić information content (AvgIpc) is 2.46. The van der Waals surface area contributed by atoms with Gasteiger partial charge in [0.05, 0.1) is 12.0 Å². The molecule has 2 aromatic rings. The van der Waals surface area contributed by atoms with Crippen LogP contribution in [0.15, 0.2) is 54.6 Å². The second-order valence-electron chi connectivity index (χ2n) is 4.81. The zero-order chi connectivity index (χ0) is 13.7. The minimum Gasteiger partial charge on any atom is -0.373 e. The standard InChI is InChI=1S/C17H18N2/c1-14-8-10-17(11-9-14)19(2)13-16(12-18)15-6-4-3-5-7-15/h3-11,16H,13H2,1-2H3. The minimum atomic E-state index is -0.104. The molecular weight excluding hydrogens is 232 g/mol. The SMILES string of the molecule is Cc1ccc(N(C)CC(C#N)c2ccccc2)cc1.